The average Bonchev–Trinajstić information content (AvgIpc) is 3.14. The van der Waals surface area contributed by atoms with Crippen LogP contribution in [0, 0.1) is 20.8 Å². The van der Waals surface area contributed by atoms with Crippen LogP contribution in [0.3, 0.4) is 0 Å². The molecule has 2 aromatic rings. The molecule has 0 spiro atoms. The van der Waals surface area contributed by atoms with E-state index in [0.717, 1.165) is 44.2 Å². The predicted octanol–water partition coefficient (Wildman–Crippen LogP) is 2.66. The molecule has 0 atom stereocenters. The molecule has 23 heavy (non-hydrogen) atoms. The minimum atomic E-state index is 0.626. The molecule has 1 saturated heterocycles. The fraction of sp³-hybridized carbons (Fsp3) is 0.611. The first-order chi connectivity index (χ1) is 11.1. The quantitative estimate of drug-likeness (QED) is 0.890. The summed E-state index contributed by atoms with van der Waals surface area (Å²) in [4.78, 5) is 2.47. The lowest BCUT2D eigenvalue weighted by atomic mass is 10.0. The van der Waals surface area contributed by atoms with E-state index >= 15 is 0 Å². The summed E-state index contributed by atoms with van der Waals surface area (Å²) in [5.41, 5.74) is 3.75. The van der Waals surface area contributed by atoms with E-state index < -0.39 is 0 Å². The van der Waals surface area contributed by atoms with Gasteiger partial charge in [-0.2, -0.15) is 5.10 Å². The summed E-state index contributed by atoms with van der Waals surface area (Å²) in [5.74, 6) is 1.07. The van der Waals surface area contributed by atoms with Crippen LogP contribution in [0.4, 0.5) is 0 Å². The number of likely N-dealkylation sites (tertiary alicyclic amines) is 1. The van der Waals surface area contributed by atoms with Crippen molar-refractivity contribution in [1.82, 2.24) is 20.0 Å². The Morgan fingerprint density at radius 1 is 1.26 bits per heavy atom. The molecule has 2 aromatic heterocycles. The van der Waals surface area contributed by atoms with Crippen LogP contribution in [-0.2, 0) is 13.1 Å². The van der Waals surface area contributed by atoms with Crippen LogP contribution in [0.15, 0.2) is 22.8 Å². The molecular formula is C18H28N4O. The van der Waals surface area contributed by atoms with E-state index in [0.29, 0.717) is 6.04 Å². The lowest BCUT2D eigenvalue weighted by Gasteiger charge is -2.31. The Morgan fingerprint density at radius 2 is 2.04 bits per heavy atom. The maximum Gasteiger partial charge on any atom is 0.117 e. The zero-order valence-electron chi connectivity index (χ0n) is 14.5. The first kappa shape index (κ1) is 16.3. The van der Waals surface area contributed by atoms with Gasteiger partial charge in [0, 0.05) is 31.4 Å². The summed E-state index contributed by atoms with van der Waals surface area (Å²) in [7, 11) is 0. The van der Waals surface area contributed by atoms with Crippen molar-refractivity contribution in [3.8, 4) is 0 Å². The van der Waals surface area contributed by atoms with Gasteiger partial charge in [0.2, 0.25) is 0 Å². The zero-order valence-corrected chi connectivity index (χ0v) is 14.5. The normalized spacial score (nSPS) is 17.0. The van der Waals surface area contributed by atoms with Crippen molar-refractivity contribution in [2.45, 2.75) is 52.7 Å². The van der Waals surface area contributed by atoms with Crippen LogP contribution in [0.5, 0.6) is 0 Å². The molecule has 1 N–H and O–H groups in total. The molecular weight excluding hydrogens is 288 g/mol. The predicted molar refractivity (Wildman–Crippen MR) is 91.4 cm³/mol. The van der Waals surface area contributed by atoms with E-state index in [1.54, 1.807) is 6.26 Å². The molecule has 5 heteroatoms. The van der Waals surface area contributed by atoms with Crippen LogP contribution in [0.2, 0.25) is 0 Å². The van der Waals surface area contributed by atoms with E-state index in [4.69, 9.17) is 4.42 Å². The Hall–Kier alpha value is -1.59. The van der Waals surface area contributed by atoms with Gasteiger partial charge in [-0.05, 0) is 51.3 Å². The molecule has 1 aliphatic rings. The van der Waals surface area contributed by atoms with Crippen molar-refractivity contribution >= 4 is 0 Å². The molecule has 0 bridgehead atoms. The smallest absolute Gasteiger partial charge is 0.117 e. The molecule has 0 radical (unpaired) electrons. The van der Waals surface area contributed by atoms with Gasteiger partial charge < -0.3 is 9.73 Å². The Kier molecular flexibility index (Phi) is 5.18. The average molecular weight is 316 g/mol. The second-order valence-electron chi connectivity index (χ2n) is 6.60. The van der Waals surface area contributed by atoms with Crippen molar-refractivity contribution < 1.29 is 4.42 Å². The number of aryl methyl sites for hydroxylation is 1. The maximum absolute atomic E-state index is 5.43. The highest BCUT2D eigenvalue weighted by Gasteiger charge is 2.19. The summed E-state index contributed by atoms with van der Waals surface area (Å²) < 4.78 is 7.56. The lowest BCUT2D eigenvalue weighted by molar-refractivity contribution is 0.178. The minimum Gasteiger partial charge on any atom is -0.468 e. The first-order valence-corrected chi connectivity index (χ1v) is 8.62. The highest BCUT2D eigenvalue weighted by Crippen LogP contribution is 2.14. The van der Waals surface area contributed by atoms with E-state index in [9.17, 15) is 0 Å². The summed E-state index contributed by atoms with van der Waals surface area (Å²) in [6.07, 6.45) is 4.16. The summed E-state index contributed by atoms with van der Waals surface area (Å²) in [5, 5.41) is 8.30. The van der Waals surface area contributed by atoms with E-state index in [1.807, 2.05) is 6.07 Å². The molecule has 0 amide bonds. The molecule has 3 rings (SSSR count). The Labute approximate surface area is 138 Å². The van der Waals surface area contributed by atoms with Gasteiger partial charge >= 0.3 is 0 Å². The first-order valence-electron chi connectivity index (χ1n) is 8.62. The number of piperidine rings is 1. The van der Waals surface area contributed by atoms with Gasteiger partial charge in [0.15, 0.2) is 0 Å². The van der Waals surface area contributed by atoms with Gasteiger partial charge in [0.25, 0.3) is 0 Å². The number of hydrogen-bond acceptors (Lipinski definition) is 4. The molecule has 0 aliphatic carbocycles. The topological polar surface area (TPSA) is 46.2 Å². The van der Waals surface area contributed by atoms with Crippen LogP contribution in [0.1, 0.15) is 35.6 Å². The minimum absolute atomic E-state index is 0.626. The van der Waals surface area contributed by atoms with Crippen molar-refractivity contribution in [2.24, 2.45) is 0 Å². The number of hydrogen-bond donors (Lipinski definition) is 1. The monoisotopic (exact) mass is 316 g/mol. The Morgan fingerprint density at radius 3 is 2.65 bits per heavy atom. The van der Waals surface area contributed by atoms with Gasteiger partial charge in [-0.25, -0.2) is 0 Å². The van der Waals surface area contributed by atoms with Crippen LogP contribution in [-0.4, -0.2) is 40.4 Å². The molecule has 1 aliphatic heterocycles. The van der Waals surface area contributed by atoms with Crippen LogP contribution in [0.25, 0.3) is 0 Å². The van der Waals surface area contributed by atoms with Gasteiger partial charge in [-0.15, -0.1) is 0 Å². The second-order valence-corrected chi connectivity index (χ2v) is 6.60. The molecule has 0 saturated carbocycles. The Balaban J connectivity index is 1.38. The summed E-state index contributed by atoms with van der Waals surface area (Å²) in [6, 6.07) is 4.64. The number of rotatable bonds is 6. The van der Waals surface area contributed by atoms with E-state index in [2.05, 4.69) is 46.8 Å². The Bertz CT molecular complexity index is 609. The third-order valence-electron chi connectivity index (χ3n) is 5.05. The molecule has 126 valence electrons. The highest BCUT2D eigenvalue weighted by molar-refractivity contribution is 5.22. The standard InChI is InChI=1S/C18H28N4O/c1-14-15(2)20-22(16(14)3)11-8-19-17-6-9-21(10-7-17)13-18-5-4-12-23-18/h4-5,12,17,19H,6-11,13H2,1-3H3. The van der Waals surface area contributed by atoms with Crippen molar-refractivity contribution in [1.29, 1.82) is 0 Å². The van der Waals surface area contributed by atoms with Gasteiger partial charge in [-0.1, -0.05) is 0 Å². The van der Waals surface area contributed by atoms with Crippen molar-refractivity contribution in [3.05, 3.63) is 41.1 Å². The summed E-state index contributed by atoms with van der Waals surface area (Å²) in [6.45, 7) is 11.5. The third-order valence-corrected chi connectivity index (χ3v) is 5.05. The third kappa shape index (κ3) is 4.03. The number of nitrogens with one attached hydrogen (secondary N) is 1. The fourth-order valence-electron chi connectivity index (χ4n) is 3.30. The largest absolute Gasteiger partial charge is 0.468 e. The zero-order chi connectivity index (χ0) is 16.2. The lowest BCUT2D eigenvalue weighted by Crippen LogP contribution is -2.43. The molecule has 0 aromatic carbocycles. The van der Waals surface area contributed by atoms with E-state index in [-0.39, 0.29) is 0 Å². The van der Waals surface area contributed by atoms with Crippen molar-refractivity contribution in [2.75, 3.05) is 19.6 Å². The highest BCUT2D eigenvalue weighted by atomic mass is 16.3. The number of nitrogens with zero attached hydrogens (tertiary/aromatic N) is 3. The number of aromatic nitrogens is 2. The van der Waals surface area contributed by atoms with Gasteiger partial charge in [-0.3, -0.25) is 9.58 Å². The molecule has 0 unspecified atom stereocenters. The van der Waals surface area contributed by atoms with Crippen LogP contribution < -0.4 is 5.32 Å². The van der Waals surface area contributed by atoms with Crippen molar-refractivity contribution in [3.63, 3.8) is 0 Å². The molecule has 5 nitrogen and oxygen atoms in total. The van der Waals surface area contributed by atoms with E-state index in [1.165, 1.54) is 24.1 Å². The SMILES string of the molecule is Cc1nn(CCNC2CCN(Cc3ccco3)CC2)c(C)c1C. The van der Waals surface area contributed by atoms with Gasteiger partial charge in [0.05, 0.1) is 25.0 Å². The number of furan rings is 1. The second kappa shape index (κ2) is 7.32. The summed E-state index contributed by atoms with van der Waals surface area (Å²) >= 11 is 0. The molecule has 3 heterocycles. The molecule has 1 fully saturated rings. The van der Waals surface area contributed by atoms with Crippen LogP contribution >= 0.6 is 0 Å². The maximum atomic E-state index is 5.43. The van der Waals surface area contributed by atoms with Gasteiger partial charge in [0.1, 0.15) is 5.76 Å². The fourth-order valence-corrected chi connectivity index (χ4v) is 3.30.